The second-order valence-corrected chi connectivity index (χ2v) is 22.1. The molecule has 56 heavy (non-hydrogen) atoms. The van der Waals surface area contributed by atoms with Gasteiger partial charge in [0.15, 0.2) is 0 Å². The second-order valence-electron chi connectivity index (χ2n) is 20.2. The van der Waals surface area contributed by atoms with Crippen molar-refractivity contribution in [3.8, 4) is 22.3 Å². The van der Waals surface area contributed by atoms with Crippen molar-refractivity contribution < 1.29 is 0 Å². The van der Waals surface area contributed by atoms with Gasteiger partial charge in [0.1, 0.15) is 0 Å². The van der Waals surface area contributed by atoms with E-state index in [-0.39, 0.29) is 21.7 Å². The van der Waals surface area contributed by atoms with Crippen LogP contribution < -0.4 is 4.90 Å². The minimum Gasteiger partial charge on any atom is -0.310 e. The lowest BCUT2D eigenvalue weighted by molar-refractivity contribution is 0.583. The zero-order chi connectivity index (χ0) is 40.3. The Kier molecular flexibility index (Phi) is 9.07. The first-order valence-corrected chi connectivity index (χ1v) is 21.6. The maximum atomic E-state index is 3.73. The van der Waals surface area contributed by atoms with Gasteiger partial charge in [-0.25, -0.2) is 0 Å². The van der Waals surface area contributed by atoms with Crippen molar-refractivity contribution in [1.29, 1.82) is 0 Å². The van der Waals surface area contributed by atoms with Crippen LogP contribution in [0, 0.1) is 0 Å². The third-order valence-corrected chi connectivity index (χ3v) is 13.3. The molecule has 0 atom stereocenters. The van der Waals surface area contributed by atoms with Crippen LogP contribution in [-0.2, 0) is 27.1 Å². The number of benzene rings is 6. The summed E-state index contributed by atoms with van der Waals surface area (Å²) in [6, 6.07) is 44.8. The van der Waals surface area contributed by atoms with Crippen molar-refractivity contribution in [1.82, 2.24) is 0 Å². The van der Waals surface area contributed by atoms with E-state index in [9.17, 15) is 0 Å². The maximum absolute atomic E-state index is 3.73. The van der Waals surface area contributed by atoms with Gasteiger partial charge in [0.2, 0.25) is 0 Å². The van der Waals surface area contributed by atoms with Gasteiger partial charge in [-0.05, 0) is 137 Å². The summed E-state index contributed by atoms with van der Waals surface area (Å²) in [5.41, 5.74) is 19.0. The fraction of sp³-hybridized carbons (Fsp3) is 0.321. The number of hydrogen-bond donors (Lipinski definition) is 0. The van der Waals surface area contributed by atoms with Gasteiger partial charge in [-0.3, -0.25) is 0 Å². The number of halogens is 2. The molecule has 0 saturated heterocycles. The highest BCUT2D eigenvalue weighted by Gasteiger charge is 2.54. The Morgan fingerprint density at radius 2 is 0.714 bits per heavy atom. The summed E-state index contributed by atoms with van der Waals surface area (Å²) in [4.78, 5) is 2.49. The Hall–Kier alpha value is -3.92. The van der Waals surface area contributed by atoms with Crippen molar-refractivity contribution in [3.05, 3.63) is 169 Å². The predicted octanol–water partition coefficient (Wildman–Crippen LogP) is 16.2. The molecule has 8 rings (SSSR count). The molecule has 0 heterocycles. The zero-order valence-electron chi connectivity index (χ0n) is 35.2. The van der Waals surface area contributed by atoms with Gasteiger partial charge in [0.25, 0.3) is 0 Å². The highest BCUT2D eigenvalue weighted by molar-refractivity contribution is 9.10. The van der Waals surface area contributed by atoms with E-state index >= 15 is 0 Å². The molecule has 6 aromatic carbocycles. The van der Waals surface area contributed by atoms with Gasteiger partial charge < -0.3 is 4.90 Å². The highest BCUT2D eigenvalue weighted by Crippen LogP contribution is 2.66. The fourth-order valence-corrected chi connectivity index (χ4v) is 9.47. The number of nitrogens with zero attached hydrogens (tertiary/aromatic N) is 1. The van der Waals surface area contributed by atoms with E-state index in [2.05, 4.69) is 235 Å². The van der Waals surface area contributed by atoms with Crippen LogP contribution in [0.5, 0.6) is 0 Å². The predicted molar refractivity (Wildman–Crippen MR) is 248 cm³/mol. The van der Waals surface area contributed by atoms with Crippen LogP contribution in [0.4, 0.5) is 17.1 Å². The fourth-order valence-electron chi connectivity index (χ4n) is 8.94. The maximum Gasteiger partial charge on any atom is 0.0726 e. The topological polar surface area (TPSA) is 3.24 Å². The van der Waals surface area contributed by atoms with Crippen LogP contribution >= 0.6 is 31.9 Å². The SMILES string of the molecule is CC(C)(C)c1ccc2c(c1)C1(c3cc(C(C)(C)C)ccc3-2)c2cc(C(C)(C)C)ccc2-c2c(N(c3ccc(Br)cc3)c3ccc(Br)cc3)cc(C(C)(C)C)cc21. The molecular weight excluding hydrogens is 810 g/mol. The van der Waals surface area contributed by atoms with Crippen LogP contribution in [-0.4, -0.2) is 0 Å². The molecule has 286 valence electrons. The Morgan fingerprint density at radius 1 is 0.375 bits per heavy atom. The minimum atomic E-state index is -0.528. The summed E-state index contributed by atoms with van der Waals surface area (Å²) < 4.78 is 2.13. The van der Waals surface area contributed by atoms with Crippen LogP contribution in [0.2, 0.25) is 0 Å². The van der Waals surface area contributed by atoms with Crippen molar-refractivity contribution >= 4 is 48.9 Å². The molecule has 0 amide bonds. The number of hydrogen-bond acceptors (Lipinski definition) is 1. The van der Waals surface area contributed by atoms with Gasteiger partial charge in [-0.2, -0.15) is 0 Å². The smallest absolute Gasteiger partial charge is 0.0726 e. The van der Waals surface area contributed by atoms with Gasteiger partial charge in [0, 0.05) is 25.9 Å². The van der Waals surface area contributed by atoms with Crippen LogP contribution in [0.25, 0.3) is 22.3 Å². The number of anilines is 3. The molecule has 0 N–H and O–H groups in total. The van der Waals surface area contributed by atoms with Crippen molar-refractivity contribution in [2.24, 2.45) is 0 Å². The van der Waals surface area contributed by atoms with E-state index < -0.39 is 5.41 Å². The van der Waals surface area contributed by atoms with E-state index in [1.54, 1.807) is 0 Å². The average molecular weight is 866 g/mol. The van der Waals surface area contributed by atoms with E-state index in [1.807, 2.05) is 0 Å². The van der Waals surface area contributed by atoms with Crippen LogP contribution in [0.15, 0.2) is 124 Å². The molecular formula is C53H55Br2N. The first kappa shape index (κ1) is 38.9. The molecule has 1 spiro atoms. The third-order valence-electron chi connectivity index (χ3n) is 12.2. The zero-order valence-corrected chi connectivity index (χ0v) is 38.3. The standard InChI is InChI=1S/C53H55Br2N/c1-49(2,3)32-13-24-40-41-25-14-33(50(4,5)6)28-44(41)53(43(40)27-32)45-29-34(51(7,8)9)15-26-42(45)48-46(53)30-35(52(10,11)12)31-47(48)56(38-20-16-36(54)17-21-38)39-22-18-37(55)19-23-39/h13-31H,1-12H3. The molecule has 0 unspecified atom stereocenters. The molecule has 0 aliphatic heterocycles. The van der Waals surface area contributed by atoms with E-state index in [0.29, 0.717) is 0 Å². The Bertz CT molecular complexity index is 2400. The van der Waals surface area contributed by atoms with Crippen molar-refractivity contribution in [3.63, 3.8) is 0 Å². The van der Waals surface area contributed by atoms with Crippen molar-refractivity contribution in [2.45, 2.75) is 110 Å². The molecule has 0 aromatic heterocycles. The van der Waals surface area contributed by atoms with Crippen LogP contribution in [0.1, 0.15) is 128 Å². The summed E-state index contributed by atoms with van der Waals surface area (Å²) in [5, 5.41) is 0. The first-order valence-electron chi connectivity index (χ1n) is 20.1. The summed E-state index contributed by atoms with van der Waals surface area (Å²) >= 11 is 7.47. The molecule has 1 nitrogen and oxygen atoms in total. The first-order chi connectivity index (χ1) is 26.1. The van der Waals surface area contributed by atoms with Gasteiger partial charge in [0.05, 0.1) is 11.1 Å². The lowest BCUT2D eigenvalue weighted by Gasteiger charge is -2.35. The monoisotopic (exact) mass is 863 g/mol. The molecule has 2 aliphatic rings. The average Bonchev–Trinajstić information content (AvgIpc) is 3.58. The Balaban J connectivity index is 1.61. The molecule has 2 aliphatic carbocycles. The van der Waals surface area contributed by atoms with Crippen molar-refractivity contribution in [2.75, 3.05) is 4.90 Å². The van der Waals surface area contributed by atoms with Crippen LogP contribution in [0.3, 0.4) is 0 Å². The Morgan fingerprint density at radius 3 is 1.09 bits per heavy atom. The molecule has 0 radical (unpaired) electrons. The van der Waals surface area contributed by atoms with E-state index in [0.717, 1.165) is 20.3 Å². The quantitative estimate of drug-likeness (QED) is 0.171. The van der Waals surface area contributed by atoms with Gasteiger partial charge >= 0.3 is 0 Å². The summed E-state index contributed by atoms with van der Waals surface area (Å²) in [6.07, 6.45) is 0. The lowest BCUT2D eigenvalue weighted by atomic mass is 9.67. The van der Waals surface area contributed by atoms with E-state index in [4.69, 9.17) is 0 Å². The number of fused-ring (bicyclic) bond motifs is 10. The molecule has 3 heteroatoms. The number of rotatable bonds is 3. The minimum absolute atomic E-state index is 0.0164. The molecule has 0 bridgehead atoms. The van der Waals surface area contributed by atoms with E-state index in [1.165, 1.54) is 72.4 Å². The highest BCUT2D eigenvalue weighted by atomic mass is 79.9. The largest absolute Gasteiger partial charge is 0.310 e. The van der Waals surface area contributed by atoms with Gasteiger partial charge in [-0.1, -0.05) is 176 Å². The van der Waals surface area contributed by atoms with Gasteiger partial charge in [-0.15, -0.1) is 0 Å². The summed E-state index contributed by atoms with van der Waals surface area (Å²) in [5.74, 6) is 0. The lowest BCUT2D eigenvalue weighted by Crippen LogP contribution is -2.29. The molecule has 6 aromatic rings. The summed E-state index contributed by atoms with van der Waals surface area (Å²) in [7, 11) is 0. The second kappa shape index (κ2) is 13.0. The summed E-state index contributed by atoms with van der Waals surface area (Å²) in [6.45, 7) is 28.2. The normalized spacial score (nSPS) is 14.4. The Labute approximate surface area is 352 Å². The molecule has 0 fully saturated rings. The third kappa shape index (κ3) is 6.24. The molecule has 0 saturated carbocycles.